The maximum atomic E-state index is 3.44. The quantitative estimate of drug-likeness (QED) is 0.816. The first-order chi connectivity index (χ1) is 10.7. The standard InChI is InChI=1S/C20H28N2/c1-15(21-3)14-18-12-8-9-13-19(18)20(16(2)22-4)17-10-6-5-7-11-17/h5-13,15-16,20-22H,14H2,1-4H3. The molecular formula is C20H28N2. The maximum Gasteiger partial charge on any atom is 0.0243 e. The van der Waals surface area contributed by atoms with Crippen LogP contribution in [0.5, 0.6) is 0 Å². The molecule has 22 heavy (non-hydrogen) atoms. The lowest BCUT2D eigenvalue weighted by atomic mass is 9.82. The molecule has 0 aliphatic rings. The van der Waals surface area contributed by atoms with E-state index < -0.39 is 0 Å². The van der Waals surface area contributed by atoms with Gasteiger partial charge in [0.1, 0.15) is 0 Å². The number of nitrogens with one attached hydrogen (secondary N) is 2. The van der Waals surface area contributed by atoms with Gasteiger partial charge >= 0.3 is 0 Å². The third-order valence-corrected chi connectivity index (χ3v) is 4.52. The Hall–Kier alpha value is -1.64. The number of rotatable bonds is 7. The molecule has 0 radical (unpaired) electrons. The van der Waals surface area contributed by atoms with Crippen LogP contribution in [0.3, 0.4) is 0 Å². The first kappa shape index (κ1) is 16.7. The van der Waals surface area contributed by atoms with Crippen molar-refractivity contribution in [3.8, 4) is 0 Å². The first-order valence-corrected chi connectivity index (χ1v) is 8.14. The Morgan fingerprint density at radius 1 is 0.818 bits per heavy atom. The smallest absolute Gasteiger partial charge is 0.0243 e. The molecule has 0 bridgehead atoms. The van der Waals surface area contributed by atoms with Crippen LogP contribution in [0.25, 0.3) is 0 Å². The molecule has 2 aromatic rings. The van der Waals surface area contributed by atoms with Crippen LogP contribution >= 0.6 is 0 Å². The van der Waals surface area contributed by atoms with Gasteiger partial charge in [-0.1, -0.05) is 54.6 Å². The van der Waals surface area contributed by atoms with Crippen LogP contribution < -0.4 is 10.6 Å². The second kappa shape index (κ2) is 8.11. The van der Waals surface area contributed by atoms with E-state index in [1.165, 1.54) is 16.7 Å². The van der Waals surface area contributed by atoms with Crippen LogP contribution in [0.4, 0.5) is 0 Å². The normalized spacial score (nSPS) is 15.3. The highest BCUT2D eigenvalue weighted by molar-refractivity contribution is 5.39. The molecule has 2 heteroatoms. The molecule has 0 aliphatic heterocycles. The van der Waals surface area contributed by atoms with Crippen LogP contribution in [-0.2, 0) is 6.42 Å². The van der Waals surface area contributed by atoms with Crippen LogP contribution in [0.2, 0.25) is 0 Å². The average molecular weight is 296 g/mol. The molecule has 0 amide bonds. The summed E-state index contributed by atoms with van der Waals surface area (Å²) in [4.78, 5) is 0. The highest BCUT2D eigenvalue weighted by Gasteiger charge is 2.22. The Bertz CT molecular complexity index is 565. The zero-order valence-electron chi connectivity index (χ0n) is 14.1. The molecule has 0 aromatic heterocycles. The minimum Gasteiger partial charge on any atom is -0.317 e. The molecule has 2 N–H and O–H groups in total. The Morgan fingerprint density at radius 3 is 2.09 bits per heavy atom. The van der Waals surface area contributed by atoms with E-state index in [1.54, 1.807) is 0 Å². The summed E-state index contributed by atoms with van der Waals surface area (Å²) in [6.45, 7) is 4.49. The van der Waals surface area contributed by atoms with Gasteiger partial charge in [0.2, 0.25) is 0 Å². The van der Waals surface area contributed by atoms with Crippen molar-refractivity contribution in [2.45, 2.75) is 38.3 Å². The van der Waals surface area contributed by atoms with Gasteiger partial charge < -0.3 is 10.6 Å². The Balaban J connectivity index is 2.44. The Morgan fingerprint density at radius 2 is 1.45 bits per heavy atom. The molecule has 0 saturated heterocycles. The van der Waals surface area contributed by atoms with Gasteiger partial charge in [-0.25, -0.2) is 0 Å². The molecule has 3 atom stereocenters. The van der Waals surface area contributed by atoms with E-state index in [-0.39, 0.29) is 0 Å². The van der Waals surface area contributed by atoms with Crippen LogP contribution in [0, 0.1) is 0 Å². The summed E-state index contributed by atoms with van der Waals surface area (Å²) in [5, 5.41) is 6.79. The monoisotopic (exact) mass is 296 g/mol. The molecule has 0 fully saturated rings. The lowest BCUT2D eigenvalue weighted by molar-refractivity contribution is 0.538. The zero-order chi connectivity index (χ0) is 15.9. The van der Waals surface area contributed by atoms with Gasteiger partial charge in [-0.3, -0.25) is 0 Å². The van der Waals surface area contributed by atoms with Gasteiger partial charge in [0, 0.05) is 18.0 Å². The van der Waals surface area contributed by atoms with Gasteiger partial charge in [0.25, 0.3) is 0 Å². The van der Waals surface area contributed by atoms with E-state index in [4.69, 9.17) is 0 Å². The second-order valence-corrected chi connectivity index (χ2v) is 6.06. The highest BCUT2D eigenvalue weighted by atomic mass is 14.9. The molecule has 3 unspecified atom stereocenters. The second-order valence-electron chi connectivity index (χ2n) is 6.06. The summed E-state index contributed by atoms with van der Waals surface area (Å²) < 4.78 is 0. The lowest BCUT2D eigenvalue weighted by Gasteiger charge is -2.27. The minimum atomic E-state index is 0.367. The molecule has 0 spiro atoms. The van der Waals surface area contributed by atoms with Crippen molar-refractivity contribution in [3.05, 3.63) is 71.3 Å². The van der Waals surface area contributed by atoms with Crippen molar-refractivity contribution in [2.75, 3.05) is 14.1 Å². The van der Waals surface area contributed by atoms with Crippen LogP contribution in [0.1, 0.15) is 36.5 Å². The van der Waals surface area contributed by atoms with Crippen molar-refractivity contribution in [3.63, 3.8) is 0 Å². The van der Waals surface area contributed by atoms with Crippen molar-refractivity contribution in [1.29, 1.82) is 0 Å². The number of hydrogen-bond acceptors (Lipinski definition) is 2. The fourth-order valence-corrected chi connectivity index (χ4v) is 3.02. The minimum absolute atomic E-state index is 0.367. The summed E-state index contributed by atoms with van der Waals surface area (Å²) in [5.74, 6) is 0.367. The van der Waals surface area contributed by atoms with Gasteiger partial charge in [-0.2, -0.15) is 0 Å². The predicted octanol–water partition coefficient (Wildman–Crippen LogP) is 3.58. The maximum absolute atomic E-state index is 3.44. The van der Waals surface area contributed by atoms with Crippen LogP contribution in [0.15, 0.2) is 54.6 Å². The van der Waals surface area contributed by atoms with Gasteiger partial charge in [-0.15, -0.1) is 0 Å². The number of hydrogen-bond donors (Lipinski definition) is 2. The summed E-state index contributed by atoms with van der Waals surface area (Å²) in [7, 11) is 4.07. The average Bonchev–Trinajstić information content (AvgIpc) is 2.57. The summed E-state index contributed by atoms with van der Waals surface area (Å²) in [6, 6.07) is 20.5. The van der Waals surface area contributed by atoms with Crippen LogP contribution in [-0.4, -0.2) is 26.2 Å². The van der Waals surface area contributed by atoms with E-state index >= 15 is 0 Å². The summed E-state index contributed by atoms with van der Waals surface area (Å²) in [6.07, 6.45) is 1.05. The molecule has 0 aliphatic carbocycles. The highest BCUT2D eigenvalue weighted by Crippen LogP contribution is 2.31. The zero-order valence-corrected chi connectivity index (χ0v) is 14.1. The fourth-order valence-electron chi connectivity index (χ4n) is 3.02. The van der Waals surface area contributed by atoms with Crippen molar-refractivity contribution >= 4 is 0 Å². The largest absolute Gasteiger partial charge is 0.317 e. The molecule has 118 valence electrons. The molecule has 0 heterocycles. The van der Waals surface area contributed by atoms with Crippen molar-refractivity contribution < 1.29 is 0 Å². The molecular weight excluding hydrogens is 268 g/mol. The molecule has 2 rings (SSSR count). The molecule has 0 saturated carbocycles. The van der Waals surface area contributed by atoms with Gasteiger partial charge in [-0.05, 0) is 51.1 Å². The number of likely N-dealkylation sites (N-methyl/N-ethyl adjacent to an activating group) is 2. The van der Waals surface area contributed by atoms with E-state index in [0.29, 0.717) is 18.0 Å². The van der Waals surface area contributed by atoms with E-state index in [0.717, 1.165) is 6.42 Å². The van der Waals surface area contributed by atoms with E-state index in [9.17, 15) is 0 Å². The lowest BCUT2D eigenvalue weighted by Crippen LogP contribution is -2.31. The third-order valence-electron chi connectivity index (χ3n) is 4.52. The summed E-state index contributed by atoms with van der Waals surface area (Å²) in [5.41, 5.74) is 4.23. The Labute approximate surface area is 135 Å². The SMILES string of the molecule is CNC(C)Cc1ccccc1C(c1ccccc1)C(C)NC. The predicted molar refractivity (Wildman–Crippen MR) is 95.5 cm³/mol. The topological polar surface area (TPSA) is 24.1 Å². The molecule has 2 aromatic carbocycles. The number of benzene rings is 2. The Kier molecular flexibility index (Phi) is 6.17. The van der Waals surface area contributed by atoms with Gasteiger partial charge in [0.05, 0.1) is 0 Å². The van der Waals surface area contributed by atoms with E-state index in [1.807, 2.05) is 14.1 Å². The first-order valence-electron chi connectivity index (χ1n) is 8.14. The fraction of sp³-hybridized carbons (Fsp3) is 0.400. The third kappa shape index (κ3) is 3.96. The van der Waals surface area contributed by atoms with Gasteiger partial charge in [0.15, 0.2) is 0 Å². The molecule has 2 nitrogen and oxygen atoms in total. The van der Waals surface area contributed by atoms with E-state index in [2.05, 4.69) is 79.1 Å². The van der Waals surface area contributed by atoms with Crippen molar-refractivity contribution in [2.24, 2.45) is 0 Å². The summed E-state index contributed by atoms with van der Waals surface area (Å²) >= 11 is 0. The van der Waals surface area contributed by atoms with Crippen molar-refractivity contribution in [1.82, 2.24) is 10.6 Å².